The van der Waals surface area contributed by atoms with Crippen LogP contribution >= 0.6 is 0 Å². The number of methoxy groups -OCH3 is 1. The van der Waals surface area contributed by atoms with Crippen LogP contribution in [-0.4, -0.2) is 17.9 Å². The molecule has 84 valence electrons. The molecule has 2 rings (SSSR count). The van der Waals surface area contributed by atoms with Gasteiger partial charge in [-0.15, -0.1) is 0 Å². The van der Waals surface area contributed by atoms with Crippen molar-refractivity contribution in [3.05, 3.63) is 35.5 Å². The first-order valence-electron chi connectivity index (χ1n) is 5.41. The normalized spacial score (nSPS) is 19.9. The zero-order valence-electron chi connectivity index (χ0n) is 9.56. The number of hydrogen-bond acceptors (Lipinski definition) is 3. The smallest absolute Gasteiger partial charge is 0.213 e. The number of pyridine rings is 1. The van der Waals surface area contributed by atoms with E-state index in [0.29, 0.717) is 12.3 Å². The Morgan fingerprint density at radius 2 is 2.25 bits per heavy atom. The molecule has 0 aromatic carbocycles. The van der Waals surface area contributed by atoms with E-state index in [9.17, 15) is 4.79 Å². The fourth-order valence-corrected chi connectivity index (χ4v) is 2.09. The fraction of sp³-hybridized carbons (Fsp3) is 0.385. The quantitative estimate of drug-likeness (QED) is 0.763. The number of nitrogens with zero attached hydrogens (tertiary/aromatic N) is 1. The number of aryl methyl sites for hydroxylation is 1. The van der Waals surface area contributed by atoms with E-state index in [4.69, 9.17) is 4.74 Å². The molecule has 1 aliphatic rings. The van der Waals surface area contributed by atoms with Crippen LogP contribution in [0, 0.1) is 6.92 Å². The summed E-state index contributed by atoms with van der Waals surface area (Å²) in [5.41, 5.74) is 2.10. The van der Waals surface area contributed by atoms with Gasteiger partial charge in [0.2, 0.25) is 5.88 Å². The minimum Gasteiger partial charge on any atom is -0.481 e. The highest BCUT2D eigenvalue weighted by molar-refractivity contribution is 5.91. The SMILES string of the molecule is COc1ccc(C2CC=CC(=O)C2)c(C)n1. The zero-order valence-corrected chi connectivity index (χ0v) is 9.56. The number of ketones is 1. The lowest BCUT2D eigenvalue weighted by Gasteiger charge is -2.19. The molecule has 0 bridgehead atoms. The zero-order chi connectivity index (χ0) is 11.5. The second-order valence-corrected chi connectivity index (χ2v) is 4.03. The monoisotopic (exact) mass is 217 g/mol. The van der Waals surface area contributed by atoms with E-state index >= 15 is 0 Å². The molecule has 3 heteroatoms. The minimum absolute atomic E-state index is 0.200. The summed E-state index contributed by atoms with van der Waals surface area (Å²) in [6.07, 6.45) is 5.12. The fourth-order valence-electron chi connectivity index (χ4n) is 2.09. The summed E-state index contributed by atoms with van der Waals surface area (Å²) >= 11 is 0. The standard InChI is InChI=1S/C13H15NO2/c1-9-12(6-7-13(14-9)16-2)10-4-3-5-11(15)8-10/h3,5-7,10H,4,8H2,1-2H3. The summed E-state index contributed by atoms with van der Waals surface area (Å²) in [5.74, 6) is 1.10. The first-order chi connectivity index (χ1) is 7.70. The van der Waals surface area contributed by atoms with Crippen molar-refractivity contribution < 1.29 is 9.53 Å². The van der Waals surface area contributed by atoms with Gasteiger partial charge in [-0.1, -0.05) is 12.1 Å². The van der Waals surface area contributed by atoms with Gasteiger partial charge in [-0.05, 0) is 30.9 Å². The van der Waals surface area contributed by atoms with E-state index in [1.807, 2.05) is 25.1 Å². The van der Waals surface area contributed by atoms with Gasteiger partial charge in [0, 0.05) is 18.2 Å². The molecular formula is C13H15NO2. The minimum atomic E-state index is 0.200. The highest BCUT2D eigenvalue weighted by Crippen LogP contribution is 2.30. The van der Waals surface area contributed by atoms with Crippen molar-refractivity contribution >= 4 is 5.78 Å². The number of ether oxygens (including phenoxy) is 1. The van der Waals surface area contributed by atoms with E-state index in [1.165, 1.54) is 0 Å². The number of allylic oxidation sites excluding steroid dienone is 2. The highest BCUT2D eigenvalue weighted by Gasteiger charge is 2.19. The third-order valence-electron chi connectivity index (χ3n) is 2.92. The maximum Gasteiger partial charge on any atom is 0.213 e. The van der Waals surface area contributed by atoms with E-state index in [1.54, 1.807) is 13.2 Å². The lowest BCUT2D eigenvalue weighted by Crippen LogP contribution is -2.10. The number of hydrogen-bond donors (Lipinski definition) is 0. The first-order valence-corrected chi connectivity index (χ1v) is 5.41. The lowest BCUT2D eigenvalue weighted by atomic mass is 9.86. The van der Waals surface area contributed by atoms with Crippen molar-refractivity contribution in [1.82, 2.24) is 4.98 Å². The van der Waals surface area contributed by atoms with Gasteiger partial charge in [0.05, 0.1) is 7.11 Å². The Labute approximate surface area is 95.2 Å². The molecule has 0 saturated carbocycles. The molecule has 0 spiro atoms. The summed E-state index contributed by atoms with van der Waals surface area (Å²) in [7, 11) is 1.61. The van der Waals surface area contributed by atoms with Crippen molar-refractivity contribution in [3.8, 4) is 5.88 Å². The van der Waals surface area contributed by atoms with E-state index in [2.05, 4.69) is 4.98 Å². The van der Waals surface area contributed by atoms with Gasteiger partial charge in [-0.3, -0.25) is 4.79 Å². The topological polar surface area (TPSA) is 39.2 Å². The van der Waals surface area contributed by atoms with E-state index < -0.39 is 0 Å². The Balaban J connectivity index is 2.27. The Bertz CT molecular complexity index is 438. The van der Waals surface area contributed by atoms with Gasteiger partial charge in [0.1, 0.15) is 0 Å². The molecule has 1 atom stereocenters. The Kier molecular flexibility index (Phi) is 3.04. The predicted octanol–water partition coefficient (Wildman–Crippen LogP) is 2.40. The molecule has 1 unspecified atom stereocenters. The molecule has 0 N–H and O–H groups in total. The van der Waals surface area contributed by atoms with Crippen LogP contribution in [-0.2, 0) is 4.79 Å². The summed E-state index contributed by atoms with van der Waals surface area (Å²) in [6.45, 7) is 1.96. The molecule has 0 fully saturated rings. The van der Waals surface area contributed by atoms with Gasteiger partial charge in [-0.2, -0.15) is 0 Å². The Morgan fingerprint density at radius 3 is 2.88 bits per heavy atom. The van der Waals surface area contributed by atoms with Gasteiger partial charge in [0.25, 0.3) is 0 Å². The highest BCUT2D eigenvalue weighted by atomic mass is 16.5. The molecule has 0 saturated heterocycles. The molecule has 0 aliphatic heterocycles. The largest absolute Gasteiger partial charge is 0.481 e. The second kappa shape index (κ2) is 4.47. The van der Waals surface area contributed by atoms with Crippen LogP contribution < -0.4 is 4.74 Å². The third kappa shape index (κ3) is 2.13. The van der Waals surface area contributed by atoms with Crippen LogP contribution in [0.3, 0.4) is 0 Å². The van der Waals surface area contributed by atoms with Gasteiger partial charge in [0.15, 0.2) is 5.78 Å². The maximum absolute atomic E-state index is 11.3. The van der Waals surface area contributed by atoms with Crippen molar-refractivity contribution in [1.29, 1.82) is 0 Å². The van der Waals surface area contributed by atoms with Crippen LogP contribution in [0.2, 0.25) is 0 Å². The molecule has 1 heterocycles. The van der Waals surface area contributed by atoms with Gasteiger partial charge < -0.3 is 4.74 Å². The molecule has 1 aromatic rings. The maximum atomic E-state index is 11.3. The predicted molar refractivity (Wildman–Crippen MR) is 61.6 cm³/mol. The van der Waals surface area contributed by atoms with Crippen LogP contribution in [0.25, 0.3) is 0 Å². The van der Waals surface area contributed by atoms with Crippen molar-refractivity contribution in [3.63, 3.8) is 0 Å². The summed E-state index contributed by atoms with van der Waals surface area (Å²) < 4.78 is 5.07. The second-order valence-electron chi connectivity index (χ2n) is 4.03. The lowest BCUT2D eigenvalue weighted by molar-refractivity contribution is -0.115. The molecule has 1 aromatic heterocycles. The molecule has 1 aliphatic carbocycles. The first kappa shape index (κ1) is 10.9. The van der Waals surface area contributed by atoms with Crippen LogP contribution in [0.5, 0.6) is 5.88 Å². The van der Waals surface area contributed by atoms with Crippen molar-refractivity contribution in [2.45, 2.75) is 25.7 Å². The summed E-state index contributed by atoms with van der Waals surface area (Å²) in [6, 6.07) is 3.86. The number of carbonyl (C=O) groups excluding carboxylic acids is 1. The summed E-state index contributed by atoms with van der Waals surface area (Å²) in [4.78, 5) is 15.7. The number of rotatable bonds is 2. The number of aromatic nitrogens is 1. The average molecular weight is 217 g/mol. The van der Waals surface area contributed by atoms with Crippen LogP contribution in [0.4, 0.5) is 0 Å². The molecular weight excluding hydrogens is 202 g/mol. The molecule has 16 heavy (non-hydrogen) atoms. The van der Waals surface area contributed by atoms with E-state index in [0.717, 1.165) is 17.7 Å². The van der Waals surface area contributed by atoms with Crippen LogP contribution in [0.15, 0.2) is 24.3 Å². The van der Waals surface area contributed by atoms with Gasteiger partial charge >= 0.3 is 0 Å². The van der Waals surface area contributed by atoms with E-state index in [-0.39, 0.29) is 11.7 Å². The van der Waals surface area contributed by atoms with Crippen molar-refractivity contribution in [2.75, 3.05) is 7.11 Å². The van der Waals surface area contributed by atoms with Crippen LogP contribution in [0.1, 0.15) is 30.0 Å². The van der Waals surface area contributed by atoms with Gasteiger partial charge in [-0.25, -0.2) is 4.98 Å². The van der Waals surface area contributed by atoms with Crippen molar-refractivity contribution in [2.24, 2.45) is 0 Å². The number of carbonyl (C=O) groups is 1. The Hall–Kier alpha value is -1.64. The molecule has 0 amide bonds. The third-order valence-corrected chi connectivity index (χ3v) is 2.92. The molecule has 3 nitrogen and oxygen atoms in total. The molecule has 0 radical (unpaired) electrons. The summed E-state index contributed by atoms with van der Waals surface area (Å²) in [5, 5.41) is 0. The average Bonchev–Trinajstić information content (AvgIpc) is 2.28. The Morgan fingerprint density at radius 1 is 1.44 bits per heavy atom.